The molecule has 0 saturated carbocycles. The summed E-state index contributed by atoms with van der Waals surface area (Å²) in [6.45, 7) is 8.87. The van der Waals surface area contributed by atoms with E-state index in [4.69, 9.17) is 0 Å². The summed E-state index contributed by atoms with van der Waals surface area (Å²) < 4.78 is 70.4. The van der Waals surface area contributed by atoms with Gasteiger partial charge >= 0.3 is 6.36 Å². The second-order valence-electron chi connectivity index (χ2n) is 11.1. The second kappa shape index (κ2) is 13.5. The summed E-state index contributed by atoms with van der Waals surface area (Å²) in [4.78, 5) is 26.6. The standard InChI is InChI=1S/C31H35F3N6O4S/c1-22(2)24-7-5-23(6-8-24)17-37-30(41)28-21-39(29-19-35-25(18-36-29)20-38-13-3-4-14-38)15-16-40(28)45(42,43)27-11-9-26(10-12-27)44-31(32,33)34/h5-12,18-19,28H,1,3-4,13-17,20-21H2,2H3,(H,37,41)/t28-/m1/s1. The summed E-state index contributed by atoms with van der Waals surface area (Å²) in [7, 11) is -4.28. The first-order chi connectivity index (χ1) is 21.4. The van der Waals surface area contributed by atoms with Gasteiger partial charge in [-0.05, 0) is 68.2 Å². The summed E-state index contributed by atoms with van der Waals surface area (Å²) >= 11 is 0. The van der Waals surface area contributed by atoms with Crippen LogP contribution in [-0.4, -0.2) is 78.6 Å². The number of carbonyl (C=O) groups is 1. The Bertz CT molecular complexity index is 1590. The number of carbonyl (C=O) groups excluding carboxylic acids is 1. The maximum Gasteiger partial charge on any atom is 0.573 e. The van der Waals surface area contributed by atoms with Gasteiger partial charge in [0.2, 0.25) is 15.9 Å². The van der Waals surface area contributed by atoms with Gasteiger partial charge in [-0.3, -0.25) is 14.7 Å². The Hall–Kier alpha value is -4.01. The molecule has 1 atom stereocenters. The summed E-state index contributed by atoms with van der Waals surface area (Å²) in [5.41, 5.74) is 3.50. The molecule has 1 amide bonds. The maximum atomic E-state index is 13.8. The molecule has 2 fully saturated rings. The molecule has 0 unspecified atom stereocenters. The number of nitrogens with zero attached hydrogens (tertiary/aromatic N) is 5. The van der Waals surface area contributed by atoms with Gasteiger partial charge in [-0.15, -0.1) is 13.2 Å². The fourth-order valence-electron chi connectivity index (χ4n) is 5.40. The number of aromatic nitrogens is 2. The van der Waals surface area contributed by atoms with Crippen molar-refractivity contribution in [1.29, 1.82) is 0 Å². The minimum Gasteiger partial charge on any atom is -0.406 e. The molecule has 240 valence electrons. The first-order valence-corrected chi connectivity index (χ1v) is 16.0. The molecule has 0 bridgehead atoms. The average Bonchev–Trinajstić information content (AvgIpc) is 3.53. The van der Waals surface area contributed by atoms with E-state index in [1.165, 1.54) is 0 Å². The molecule has 14 heteroatoms. The predicted molar refractivity (Wildman–Crippen MR) is 163 cm³/mol. The zero-order valence-corrected chi connectivity index (χ0v) is 25.6. The lowest BCUT2D eigenvalue weighted by Crippen LogP contribution is -2.60. The van der Waals surface area contributed by atoms with Crippen LogP contribution < -0.4 is 15.0 Å². The number of benzene rings is 2. The van der Waals surface area contributed by atoms with Crippen LogP contribution in [0.4, 0.5) is 19.0 Å². The van der Waals surface area contributed by atoms with Gasteiger partial charge in [0, 0.05) is 32.7 Å². The highest BCUT2D eigenvalue weighted by Gasteiger charge is 2.41. The summed E-state index contributed by atoms with van der Waals surface area (Å²) in [6, 6.07) is 10.3. The number of ether oxygens (including phenoxy) is 1. The van der Waals surface area contributed by atoms with Crippen molar-refractivity contribution in [3.05, 3.63) is 84.3 Å². The van der Waals surface area contributed by atoms with Gasteiger partial charge < -0.3 is 15.0 Å². The number of nitrogens with one attached hydrogen (secondary N) is 1. The minimum absolute atomic E-state index is 0.00488. The van der Waals surface area contributed by atoms with E-state index in [1.807, 2.05) is 36.1 Å². The largest absolute Gasteiger partial charge is 0.573 e. The lowest BCUT2D eigenvalue weighted by atomic mass is 10.1. The molecule has 1 N–H and O–H groups in total. The first-order valence-electron chi connectivity index (χ1n) is 14.6. The number of rotatable bonds is 10. The smallest absolute Gasteiger partial charge is 0.406 e. The lowest BCUT2D eigenvalue weighted by Gasteiger charge is -2.40. The number of hydrogen-bond donors (Lipinski definition) is 1. The fraction of sp³-hybridized carbons (Fsp3) is 0.387. The van der Waals surface area contributed by atoms with E-state index in [2.05, 4.69) is 31.5 Å². The van der Waals surface area contributed by atoms with Gasteiger partial charge in [-0.2, -0.15) is 4.31 Å². The lowest BCUT2D eigenvalue weighted by molar-refractivity contribution is -0.274. The van der Waals surface area contributed by atoms with Crippen LogP contribution in [0.3, 0.4) is 0 Å². The van der Waals surface area contributed by atoms with Crippen LogP contribution >= 0.6 is 0 Å². The third kappa shape index (κ3) is 8.18. The molecule has 3 heterocycles. The van der Waals surface area contributed by atoms with E-state index >= 15 is 0 Å². The van der Waals surface area contributed by atoms with E-state index in [0.717, 1.165) is 76.9 Å². The van der Waals surface area contributed by atoms with Crippen LogP contribution in [0.25, 0.3) is 5.57 Å². The molecular formula is C31H35F3N6O4S. The quantitative estimate of drug-likeness (QED) is 0.350. The minimum atomic E-state index is -4.92. The first kappa shape index (κ1) is 32.4. The van der Waals surface area contributed by atoms with Crippen molar-refractivity contribution in [2.24, 2.45) is 0 Å². The monoisotopic (exact) mass is 644 g/mol. The molecule has 2 saturated heterocycles. The Morgan fingerprint density at radius 2 is 1.69 bits per heavy atom. The number of halogens is 3. The normalized spacial score (nSPS) is 18.1. The number of piperazine rings is 1. The zero-order valence-electron chi connectivity index (χ0n) is 24.8. The molecule has 2 aromatic carbocycles. The van der Waals surface area contributed by atoms with Crippen LogP contribution in [0.5, 0.6) is 5.75 Å². The molecule has 3 aromatic rings. The Labute approximate surface area is 260 Å². The van der Waals surface area contributed by atoms with Crippen LogP contribution in [-0.2, 0) is 27.9 Å². The predicted octanol–water partition coefficient (Wildman–Crippen LogP) is 4.20. The SMILES string of the molecule is C=C(C)c1ccc(CNC(=O)[C@H]2CN(c3cnc(CN4CCCC4)cn3)CCN2S(=O)(=O)c2ccc(OC(F)(F)F)cc2)cc1. The van der Waals surface area contributed by atoms with Gasteiger partial charge in [0.25, 0.3) is 0 Å². The number of amides is 1. The molecule has 0 spiro atoms. The van der Waals surface area contributed by atoms with E-state index in [0.29, 0.717) is 12.4 Å². The van der Waals surface area contributed by atoms with Crippen LogP contribution in [0, 0.1) is 0 Å². The molecule has 5 rings (SSSR count). The summed E-state index contributed by atoms with van der Waals surface area (Å²) in [6.07, 6.45) is 0.735. The van der Waals surface area contributed by atoms with Gasteiger partial charge in [0.1, 0.15) is 17.6 Å². The Morgan fingerprint density at radius 3 is 2.29 bits per heavy atom. The van der Waals surface area contributed by atoms with Crippen LogP contribution in [0.2, 0.25) is 0 Å². The number of sulfonamides is 1. The highest BCUT2D eigenvalue weighted by atomic mass is 32.2. The Kier molecular flexibility index (Phi) is 9.75. The van der Waals surface area contributed by atoms with Gasteiger partial charge in [-0.25, -0.2) is 13.4 Å². The summed E-state index contributed by atoms with van der Waals surface area (Å²) in [5, 5.41) is 2.85. The fourth-order valence-corrected chi connectivity index (χ4v) is 6.97. The third-order valence-corrected chi connectivity index (χ3v) is 9.73. The van der Waals surface area contributed by atoms with Crippen molar-refractivity contribution in [2.45, 2.75) is 50.2 Å². The number of anilines is 1. The van der Waals surface area contributed by atoms with E-state index < -0.39 is 34.1 Å². The Morgan fingerprint density at radius 1 is 1.00 bits per heavy atom. The molecule has 10 nitrogen and oxygen atoms in total. The van der Waals surface area contributed by atoms with E-state index in [-0.39, 0.29) is 31.1 Å². The van der Waals surface area contributed by atoms with Crippen molar-refractivity contribution in [2.75, 3.05) is 37.6 Å². The van der Waals surface area contributed by atoms with Crippen molar-refractivity contribution in [3.8, 4) is 5.75 Å². The topological polar surface area (TPSA) is 108 Å². The van der Waals surface area contributed by atoms with Crippen molar-refractivity contribution in [1.82, 2.24) is 24.5 Å². The van der Waals surface area contributed by atoms with Gasteiger partial charge in [0.05, 0.1) is 23.0 Å². The number of allylic oxidation sites excluding steroid dienone is 1. The highest BCUT2D eigenvalue weighted by molar-refractivity contribution is 7.89. The van der Waals surface area contributed by atoms with Crippen LogP contribution in [0.15, 0.2) is 72.4 Å². The van der Waals surface area contributed by atoms with Crippen molar-refractivity contribution >= 4 is 27.3 Å². The van der Waals surface area contributed by atoms with Gasteiger partial charge in [-0.1, -0.05) is 36.4 Å². The van der Waals surface area contributed by atoms with Gasteiger partial charge in [0.15, 0.2) is 0 Å². The number of likely N-dealkylation sites (tertiary alicyclic amines) is 1. The molecule has 0 aliphatic carbocycles. The number of hydrogen-bond acceptors (Lipinski definition) is 8. The number of alkyl halides is 3. The van der Waals surface area contributed by atoms with Crippen molar-refractivity contribution < 1.29 is 31.1 Å². The molecular weight excluding hydrogens is 609 g/mol. The molecule has 2 aliphatic rings. The molecule has 1 aromatic heterocycles. The van der Waals surface area contributed by atoms with E-state index in [9.17, 15) is 26.4 Å². The third-order valence-electron chi connectivity index (χ3n) is 7.81. The zero-order chi connectivity index (χ0) is 32.2. The maximum absolute atomic E-state index is 13.8. The summed E-state index contributed by atoms with van der Waals surface area (Å²) in [5.74, 6) is -0.563. The van der Waals surface area contributed by atoms with E-state index in [1.54, 1.807) is 12.4 Å². The molecule has 0 radical (unpaired) electrons. The second-order valence-corrected chi connectivity index (χ2v) is 13.0. The Balaban J connectivity index is 1.35. The molecule has 2 aliphatic heterocycles. The van der Waals surface area contributed by atoms with Crippen molar-refractivity contribution in [3.63, 3.8) is 0 Å². The average molecular weight is 645 g/mol. The highest BCUT2D eigenvalue weighted by Crippen LogP contribution is 2.28. The molecule has 45 heavy (non-hydrogen) atoms. The van der Waals surface area contributed by atoms with Crippen LogP contribution in [0.1, 0.15) is 36.6 Å².